The lowest BCUT2D eigenvalue weighted by molar-refractivity contribution is -0.169. The van der Waals surface area contributed by atoms with Gasteiger partial charge in [-0.15, -0.1) is 0 Å². The smallest absolute Gasteiger partial charge is 0.183 e. The summed E-state index contributed by atoms with van der Waals surface area (Å²) in [7, 11) is 0. The van der Waals surface area contributed by atoms with E-state index in [-0.39, 0.29) is 12.1 Å². The minimum absolute atomic E-state index is 0.147. The van der Waals surface area contributed by atoms with Crippen molar-refractivity contribution in [1.82, 2.24) is 15.1 Å². The fourth-order valence-electron chi connectivity index (χ4n) is 4.32. The number of aliphatic hydroxyl groups is 1. The topological polar surface area (TPSA) is 68.5 Å². The summed E-state index contributed by atoms with van der Waals surface area (Å²) in [6.07, 6.45) is 3.89. The first-order valence-electron chi connectivity index (χ1n) is 8.66. The highest BCUT2D eigenvalue weighted by atomic mass is 35.5. The number of hydrogen-bond donors (Lipinski definition) is 2. The van der Waals surface area contributed by atoms with Gasteiger partial charge in [-0.05, 0) is 24.0 Å². The number of nitrogens with zero attached hydrogens (tertiary/aromatic N) is 2. The van der Waals surface area contributed by atoms with E-state index in [1.54, 1.807) is 17.1 Å². The largest absolute Gasteiger partial charge is 0.389 e. The molecule has 5 atom stereocenters. The van der Waals surface area contributed by atoms with E-state index in [1.165, 1.54) is 11.1 Å². The van der Waals surface area contributed by atoms with Crippen LogP contribution in [-0.2, 0) is 22.3 Å². The Kier molecular flexibility index (Phi) is 3.83. The average Bonchev–Trinajstić information content (AvgIpc) is 3.30. The van der Waals surface area contributed by atoms with Gasteiger partial charge >= 0.3 is 0 Å². The van der Waals surface area contributed by atoms with Crippen molar-refractivity contribution in [2.75, 3.05) is 6.61 Å². The van der Waals surface area contributed by atoms with Crippen molar-refractivity contribution in [2.45, 2.75) is 49.5 Å². The van der Waals surface area contributed by atoms with Crippen molar-refractivity contribution in [1.29, 1.82) is 0 Å². The minimum Gasteiger partial charge on any atom is -0.389 e. The van der Waals surface area contributed by atoms with Gasteiger partial charge < -0.3 is 19.9 Å². The normalized spacial score (nSPS) is 34.4. The quantitative estimate of drug-likeness (QED) is 0.863. The predicted molar refractivity (Wildman–Crippen MR) is 91.5 cm³/mol. The Morgan fingerprint density at radius 3 is 2.68 bits per heavy atom. The number of ether oxygens (including phenoxy) is 2. The fourth-order valence-corrected chi connectivity index (χ4v) is 4.46. The Bertz CT molecular complexity index is 757. The van der Waals surface area contributed by atoms with Crippen molar-refractivity contribution in [3.05, 3.63) is 52.8 Å². The van der Waals surface area contributed by atoms with Crippen molar-refractivity contribution < 1.29 is 14.6 Å². The van der Waals surface area contributed by atoms with E-state index < -0.39 is 18.4 Å². The molecule has 5 unspecified atom stereocenters. The zero-order valence-electron chi connectivity index (χ0n) is 13.6. The fraction of sp³-hybridized carbons (Fsp3) is 0.500. The number of benzene rings is 1. The average molecular weight is 362 g/mol. The molecule has 1 aliphatic carbocycles. The van der Waals surface area contributed by atoms with E-state index in [0.29, 0.717) is 17.7 Å². The maximum atomic E-state index is 11.0. The summed E-state index contributed by atoms with van der Waals surface area (Å²) < 4.78 is 13.4. The maximum absolute atomic E-state index is 11.0. The summed E-state index contributed by atoms with van der Waals surface area (Å²) in [5, 5.41) is 19.4. The van der Waals surface area contributed by atoms with Gasteiger partial charge in [0.25, 0.3) is 0 Å². The van der Waals surface area contributed by atoms with Gasteiger partial charge in [0.2, 0.25) is 0 Å². The molecule has 0 amide bonds. The molecule has 0 saturated carbocycles. The second-order valence-corrected chi connectivity index (χ2v) is 7.50. The number of aliphatic hydroxyl groups excluding tert-OH is 1. The van der Waals surface area contributed by atoms with Crippen LogP contribution < -0.4 is 5.32 Å². The van der Waals surface area contributed by atoms with Crippen molar-refractivity contribution in [3.8, 4) is 0 Å². The monoisotopic (exact) mass is 361 g/mol. The minimum atomic E-state index is -0.661. The second-order valence-electron chi connectivity index (χ2n) is 7.06. The third-order valence-electron chi connectivity index (χ3n) is 5.49. The standard InChI is InChI=1S/C18H20ClN3O3/c19-12-7-20-22(8-12)16-17(23)15(14-9-24-18(16)25-14)21-13-5-10-3-1-2-4-11(10)6-13/h1-4,7-8,13-18,21,23H,5-6,9H2. The van der Waals surface area contributed by atoms with E-state index in [9.17, 15) is 5.11 Å². The van der Waals surface area contributed by atoms with Gasteiger partial charge in [-0.25, -0.2) is 0 Å². The molecule has 2 saturated heterocycles. The molecule has 2 fully saturated rings. The third-order valence-corrected chi connectivity index (χ3v) is 5.68. The molecule has 5 rings (SSSR count). The van der Waals surface area contributed by atoms with Gasteiger partial charge in [0.05, 0.1) is 30.0 Å². The van der Waals surface area contributed by atoms with E-state index >= 15 is 0 Å². The van der Waals surface area contributed by atoms with Gasteiger partial charge in [0.15, 0.2) is 6.29 Å². The molecule has 7 heteroatoms. The number of fused-ring (bicyclic) bond motifs is 3. The van der Waals surface area contributed by atoms with Crippen LogP contribution in [0.25, 0.3) is 0 Å². The number of halogens is 1. The highest BCUT2D eigenvalue weighted by molar-refractivity contribution is 6.30. The predicted octanol–water partition coefficient (Wildman–Crippen LogP) is 1.32. The molecular weight excluding hydrogens is 342 g/mol. The lowest BCUT2D eigenvalue weighted by atomic mass is 9.95. The molecule has 25 heavy (non-hydrogen) atoms. The molecule has 2 bridgehead atoms. The van der Waals surface area contributed by atoms with Gasteiger partial charge in [0, 0.05) is 12.2 Å². The lowest BCUT2D eigenvalue weighted by Crippen LogP contribution is -2.59. The number of aromatic nitrogens is 2. The van der Waals surface area contributed by atoms with Gasteiger partial charge in [-0.2, -0.15) is 5.10 Å². The first-order valence-corrected chi connectivity index (χ1v) is 9.04. The molecule has 1 aromatic heterocycles. The van der Waals surface area contributed by atoms with Crippen molar-refractivity contribution in [3.63, 3.8) is 0 Å². The van der Waals surface area contributed by atoms with E-state index in [4.69, 9.17) is 21.1 Å². The van der Waals surface area contributed by atoms with Crippen molar-refractivity contribution >= 4 is 11.6 Å². The van der Waals surface area contributed by atoms with Crippen LogP contribution in [0, 0.1) is 0 Å². The summed E-state index contributed by atoms with van der Waals surface area (Å²) in [6.45, 7) is 0.477. The van der Waals surface area contributed by atoms with Crippen LogP contribution in [0.2, 0.25) is 5.02 Å². The highest BCUT2D eigenvalue weighted by Gasteiger charge is 2.51. The van der Waals surface area contributed by atoms with E-state index in [1.807, 2.05) is 0 Å². The lowest BCUT2D eigenvalue weighted by Gasteiger charge is -2.39. The van der Waals surface area contributed by atoms with Gasteiger partial charge in [0.1, 0.15) is 12.1 Å². The van der Waals surface area contributed by atoms with E-state index in [0.717, 1.165) is 12.8 Å². The number of hydrogen-bond acceptors (Lipinski definition) is 5. The van der Waals surface area contributed by atoms with Gasteiger partial charge in [-0.3, -0.25) is 4.68 Å². The third kappa shape index (κ3) is 2.69. The molecule has 0 radical (unpaired) electrons. The van der Waals surface area contributed by atoms with Crippen LogP contribution >= 0.6 is 11.6 Å². The molecule has 2 aliphatic heterocycles. The number of nitrogens with one attached hydrogen (secondary N) is 1. The molecule has 0 spiro atoms. The maximum Gasteiger partial charge on any atom is 0.183 e. The van der Waals surface area contributed by atoms with E-state index in [2.05, 4.69) is 34.7 Å². The SMILES string of the molecule is OC1C(NC2Cc3ccccc3C2)C2COC(O2)C1n1cc(Cl)cn1. The molecule has 132 valence electrons. The van der Waals surface area contributed by atoms with Crippen LogP contribution in [-0.4, -0.2) is 52.1 Å². The highest BCUT2D eigenvalue weighted by Crippen LogP contribution is 2.36. The summed E-state index contributed by atoms with van der Waals surface area (Å²) in [6, 6.07) is 8.18. The first-order chi connectivity index (χ1) is 12.2. The molecule has 2 N–H and O–H groups in total. The van der Waals surface area contributed by atoms with Crippen LogP contribution in [0.5, 0.6) is 0 Å². The summed E-state index contributed by atoms with van der Waals surface area (Å²) in [5.41, 5.74) is 2.75. The van der Waals surface area contributed by atoms with Crippen LogP contribution in [0.1, 0.15) is 17.2 Å². The molecule has 6 nitrogen and oxygen atoms in total. The first kappa shape index (κ1) is 15.8. The Balaban J connectivity index is 1.36. The molecule has 3 heterocycles. The van der Waals surface area contributed by atoms with Crippen LogP contribution in [0.4, 0.5) is 0 Å². The summed E-state index contributed by atoms with van der Waals surface area (Å²) >= 11 is 5.99. The Hall–Kier alpha value is -1.44. The number of rotatable bonds is 3. The van der Waals surface area contributed by atoms with Crippen molar-refractivity contribution in [2.24, 2.45) is 0 Å². The molecule has 1 aromatic carbocycles. The second kappa shape index (κ2) is 6.07. The van der Waals surface area contributed by atoms with Gasteiger partial charge in [-0.1, -0.05) is 35.9 Å². The molecule has 2 aromatic rings. The Labute approximate surface area is 150 Å². The van der Waals surface area contributed by atoms with Crippen LogP contribution in [0.3, 0.4) is 0 Å². The zero-order valence-corrected chi connectivity index (χ0v) is 14.3. The Morgan fingerprint density at radius 2 is 2.00 bits per heavy atom. The Morgan fingerprint density at radius 1 is 1.24 bits per heavy atom. The molecular formula is C18H20ClN3O3. The summed E-state index contributed by atoms with van der Waals surface area (Å²) in [5.74, 6) is 0. The zero-order chi connectivity index (χ0) is 17.0. The van der Waals surface area contributed by atoms with Crippen LogP contribution in [0.15, 0.2) is 36.7 Å². The molecule has 3 aliphatic rings. The summed E-state index contributed by atoms with van der Waals surface area (Å²) in [4.78, 5) is 0.